The van der Waals surface area contributed by atoms with Gasteiger partial charge in [-0.05, 0) is 0 Å². The molecule has 13 heteroatoms. The smallest absolute Gasteiger partial charge is 0.325 e. The van der Waals surface area contributed by atoms with E-state index in [0.717, 1.165) is 6.21 Å². The molecule has 1 aromatic rings. The van der Waals surface area contributed by atoms with Crippen LogP contribution in [0.4, 0.5) is 5.13 Å². The maximum atomic E-state index is 11.7. The molecule has 0 aromatic carbocycles. The zero-order valence-corrected chi connectivity index (χ0v) is 14.5. The molecule has 1 aromatic heterocycles. The van der Waals surface area contributed by atoms with Crippen molar-refractivity contribution < 1.29 is 24.1 Å². The van der Waals surface area contributed by atoms with Crippen LogP contribution in [0.25, 0.3) is 0 Å². The van der Waals surface area contributed by atoms with Gasteiger partial charge in [-0.15, -0.1) is 23.1 Å². The van der Waals surface area contributed by atoms with E-state index in [1.165, 1.54) is 23.1 Å². The van der Waals surface area contributed by atoms with Crippen LogP contribution in [-0.4, -0.2) is 46.2 Å². The number of thioether (sulfide) groups is 1. The van der Waals surface area contributed by atoms with Gasteiger partial charge in [0.05, 0.1) is 12.1 Å². The normalized spacial score (nSPS) is 19.2. The first-order valence-electron chi connectivity index (χ1n) is 6.97. The first-order valence-corrected chi connectivity index (χ1v) is 8.89. The molecule has 0 bridgehead atoms. The van der Waals surface area contributed by atoms with Gasteiger partial charge < -0.3 is 26.0 Å². The fourth-order valence-electron chi connectivity index (χ4n) is 1.73. The Labute approximate surface area is 150 Å². The first-order chi connectivity index (χ1) is 12.0. The van der Waals surface area contributed by atoms with Gasteiger partial charge in [-0.25, -0.2) is 4.98 Å². The monoisotopic (exact) mass is 388 g/mol. The molecule has 0 saturated carbocycles. The van der Waals surface area contributed by atoms with Crippen molar-refractivity contribution in [2.75, 3.05) is 11.5 Å². The fraction of sp³-hybridized carbons (Fsp3) is 0.417. The van der Waals surface area contributed by atoms with E-state index in [4.69, 9.17) is 16.5 Å². The van der Waals surface area contributed by atoms with Crippen LogP contribution in [0.1, 0.15) is 12.1 Å². The summed E-state index contributed by atoms with van der Waals surface area (Å²) in [6.07, 6.45) is 1.03. The molecule has 11 nitrogen and oxygen atoms in total. The second-order valence-electron chi connectivity index (χ2n) is 4.71. The lowest BCUT2D eigenvalue weighted by Crippen LogP contribution is -2.67. The Hall–Kier alpha value is -2.38. The molecule has 1 saturated heterocycles. The quantitative estimate of drug-likeness (QED) is 0.228. The fourth-order valence-corrected chi connectivity index (χ4v) is 3.40. The molecule has 0 spiro atoms. The van der Waals surface area contributed by atoms with E-state index in [2.05, 4.69) is 25.6 Å². The standard InChI is InChI=1S/C12H16N6O5S2/c13-12-16-6(5-25-12)4-22-15-3-7(19)17-9-10(21)18-11(9)24-2-1-8(20)23-14/h3,5,9,11H,1-2,4,14H2,(H2,13,16)(H,17,19)(H,18,21)/t9-,11+/m1/s1. The van der Waals surface area contributed by atoms with Crippen molar-refractivity contribution in [3.8, 4) is 0 Å². The number of nitrogens with one attached hydrogen (secondary N) is 2. The number of hydrogen-bond donors (Lipinski definition) is 4. The number of β-lactam (4-membered cyclic amide) rings is 1. The molecular formula is C12H16N6O5S2. The number of thiazole rings is 1. The van der Waals surface area contributed by atoms with Gasteiger partial charge in [0, 0.05) is 11.1 Å². The maximum absolute atomic E-state index is 11.7. The molecule has 6 N–H and O–H groups in total. The van der Waals surface area contributed by atoms with Crippen molar-refractivity contribution in [1.82, 2.24) is 15.6 Å². The molecular weight excluding hydrogens is 372 g/mol. The van der Waals surface area contributed by atoms with Crippen molar-refractivity contribution in [2.24, 2.45) is 11.1 Å². The van der Waals surface area contributed by atoms with Crippen molar-refractivity contribution in [3.05, 3.63) is 11.1 Å². The largest absolute Gasteiger partial charge is 0.389 e. The predicted octanol–water partition coefficient (Wildman–Crippen LogP) is -1.29. The number of hydrogen-bond acceptors (Lipinski definition) is 11. The number of carbonyl (C=O) groups excluding carboxylic acids is 3. The van der Waals surface area contributed by atoms with Gasteiger partial charge in [-0.1, -0.05) is 5.16 Å². The molecule has 2 amide bonds. The minimum Gasteiger partial charge on any atom is -0.389 e. The van der Waals surface area contributed by atoms with E-state index in [1.807, 2.05) is 0 Å². The highest BCUT2D eigenvalue weighted by Crippen LogP contribution is 2.20. The molecule has 0 unspecified atom stereocenters. The Bertz CT molecular complexity index is 666. The summed E-state index contributed by atoms with van der Waals surface area (Å²) in [6, 6.07) is -0.712. The Morgan fingerprint density at radius 1 is 1.56 bits per heavy atom. The average molecular weight is 388 g/mol. The SMILES string of the molecule is NOC(=O)CCS[C@@H]1NC(=O)[C@H]1NC(=O)C=NOCc1csc(N)n1. The topological polar surface area (TPSA) is 171 Å². The number of rotatable bonds is 9. The van der Waals surface area contributed by atoms with E-state index in [0.29, 0.717) is 16.6 Å². The summed E-state index contributed by atoms with van der Waals surface area (Å²) < 4.78 is 0. The summed E-state index contributed by atoms with van der Waals surface area (Å²) in [5.74, 6) is 3.67. The van der Waals surface area contributed by atoms with Crippen molar-refractivity contribution in [3.63, 3.8) is 0 Å². The minimum absolute atomic E-state index is 0.0805. The Balaban J connectivity index is 1.68. The Morgan fingerprint density at radius 2 is 2.36 bits per heavy atom. The molecule has 2 atom stereocenters. The summed E-state index contributed by atoms with van der Waals surface area (Å²) in [5.41, 5.74) is 6.07. The van der Waals surface area contributed by atoms with Crippen LogP contribution in [0.5, 0.6) is 0 Å². The highest BCUT2D eigenvalue weighted by Gasteiger charge is 2.40. The van der Waals surface area contributed by atoms with Crippen LogP contribution < -0.4 is 22.3 Å². The number of nitrogens with zero attached hydrogens (tertiary/aromatic N) is 2. The van der Waals surface area contributed by atoms with Crippen molar-refractivity contribution >= 4 is 52.2 Å². The average Bonchev–Trinajstić information content (AvgIpc) is 3.01. The highest BCUT2D eigenvalue weighted by atomic mass is 32.2. The first kappa shape index (κ1) is 19.0. The van der Waals surface area contributed by atoms with Crippen molar-refractivity contribution in [1.29, 1.82) is 0 Å². The van der Waals surface area contributed by atoms with E-state index < -0.39 is 17.9 Å². The summed E-state index contributed by atoms with van der Waals surface area (Å²) in [5, 5.41) is 10.4. The lowest BCUT2D eigenvalue weighted by Gasteiger charge is -2.36. The molecule has 1 aliphatic heterocycles. The molecule has 25 heavy (non-hydrogen) atoms. The number of oxime groups is 1. The minimum atomic E-state index is -0.712. The van der Waals surface area contributed by atoms with Crippen LogP contribution >= 0.6 is 23.1 Å². The Morgan fingerprint density at radius 3 is 3.00 bits per heavy atom. The maximum Gasteiger partial charge on any atom is 0.325 e. The van der Waals surface area contributed by atoms with Gasteiger partial charge in [0.2, 0.25) is 5.91 Å². The molecule has 0 aliphatic carbocycles. The molecule has 1 aliphatic rings. The number of nitrogens with two attached hydrogens (primary N) is 2. The predicted molar refractivity (Wildman–Crippen MR) is 91.0 cm³/mol. The van der Waals surface area contributed by atoms with Gasteiger partial charge in [0.15, 0.2) is 11.7 Å². The van der Waals surface area contributed by atoms with Gasteiger partial charge in [-0.3, -0.25) is 14.4 Å². The number of carbonyl (C=O) groups is 3. The third-order valence-electron chi connectivity index (χ3n) is 2.93. The summed E-state index contributed by atoms with van der Waals surface area (Å²) in [7, 11) is 0. The number of amides is 2. The second-order valence-corrected chi connectivity index (χ2v) is 6.85. The highest BCUT2D eigenvalue weighted by molar-refractivity contribution is 8.00. The molecule has 2 rings (SSSR count). The van der Waals surface area contributed by atoms with E-state index in [9.17, 15) is 14.4 Å². The van der Waals surface area contributed by atoms with Crippen LogP contribution in [-0.2, 0) is 30.7 Å². The van der Waals surface area contributed by atoms with Crippen LogP contribution in [0.15, 0.2) is 10.5 Å². The van der Waals surface area contributed by atoms with E-state index >= 15 is 0 Å². The summed E-state index contributed by atoms with van der Waals surface area (Å²) in [6.45, 7) is 0.0805. The van der Waals surface area contributed by atoms with E-state index in [-0.39, 0.29) is 24.3 Å². The summed E-state index contributed by atoms with van der Waals surface area (Å²) in [4.78, 5) is 47.1. The lowest BCUT2D eigenvalue weighted by atomic mass is 10.1. The van der Waals surface area contributed by atoms with Crippen LogP contribution in [0.3, 0.4) is 0 Å². The van der Waals surface area contributed by atoms with Gasteiger partial charge >= 0.3 is 5.97 Å². The molecule has 1 fully saturated rings. The number of nitrogen functional groups attached to an aromatic ring is 1. The number of aromatic nitrogens is 1. The zero-order chi connectivity index (χ0) is 18.2. The van der Waals surface area contributed by atoms with Crippen LogP contribution in [0.2, 0.25) is 0 Å². The molecule has 0 radical (unpaired) electrons. The number of anilines is 1. The van der Waals surface area contributed by atoms with Gasteiger partial charge in [0.1, 0.15) is 17.6 Å². The third kappa shape index (κ3) is 5.88. The van der Waals surface area contributed by atoms with Gasteiger partial charge in [0.25, 0.3) is 5.91 Å². The van der Waals surface area contributed by atoms with E-state index in [1.54, 1.807) is 5.38 Å². The van der Waals surface area contributed by atoms with Crippen molar-refractivity contribution in [2.45, 2.75) is 24.4 Å². The lowest BCUT2D eigenvalue weighted by molar-refractivity contribution is -0.143. The Kier molecular flexibility index (Phi) is 6.97. The third-order valence-corrected chi connectivity index (χ3v) is 4.84. The zero-order valence-electron chi connectivity index (χ0n) is 12.8. The van der Waals surface area contributed by atoms with Gasteiger partial charge in [-0.2, -0.15) is 5.90 Å². The molecule has 2 heterocycles. The second kappa shape index (κ2) is 9.19. The molecule has 136 valence electrons. The summed E-state index contributed by atoms with van der Waals surface area (Å²) >= 11 is 2.56. The van der Waals surface area contributed by atoms with Crippen LogP contribution in [0, 0.1) is 0 Å².